The summed E-state index contributed by atoms with van der Waals surface area (Å²) in [7, 11) is 0.0812. The molecule has 0 bridgehead atoms. The molecule has 0 saturated heterocycles. The van der Waals surface area contributed by atoms with Gasteiger partial charge in [-0.1, -0.05) is 13.5 Å². The van der Waals surface area contributed by atoms with E-state index in [4.69, 9.17) is 0 Å². The maximum absolute atomic E-state index is 3.28. The predicted octanol–water partition coefficient (Wildman–Crippen LogP) is -0.725. The van der Waals surface area contributed by atoms with E-state index >= 15 is 0 Å². The van der Waals surface area contributed by atoms with Crippen LogP contribution in [0.2, 0.25) is 6.55 Å². The molecule has 0 saturated carbocycles. The lowest BCUT2D eigenvalue weighted by molar-refractivity contribution is 0.704. The Morgan fingerprint density at radius 3 is 2.71 bits per heavy atom. The monoisotopic (exact) mass is 118 g/mol. The summed E-state index contributed by atoms with van der Waals surface area (Å²) in [5.41, 5.74) is 0. The Labute approximate surface area is 47.6 Å². The summed E-state index contributed by atoms with van der Waals surface area (Å²) in [5, 5.41) is 3.17. The lowest BCUT2D eigenvalue weighted by Gasteiger charge is -1.98. The third kappa shape index (κ3) is 6.14. The van der Waals surface area contributed by atoms with E-state index in [2.05, 4.69) is 23.8 Å². The minimum atomic E-state index is 0.0812. The van der Waals surface area contributed by atoms with Gasteiger partial charge >= 0.3 is 0 Å². The second-order valence-electron chi connectivity index (χ2n) is 1.38. The van der Waals surface area contributed by atoms with Crippen molar-refractivity contribution >= 4 is 9.68 Å². The Bertz CT molecular complexity index is 28.9. The van der Waals surface area contributed by atoms with E-state index in [9.17, 15) is 0 Å². The summed E-state index contributed by atoms with van der Waals surface area (Å²) in [6.45, 7) is 6.41. The lowest BCUT2D eigenvalue weighted by atomic mass is 10.8. The predicted molar refractivity (Wildman–Crippen MR) is 36.1 cm³/mol. The summed E-state index contributed by atoms with van der Waals surface area (Å²) >= 11 is 0. The Kier molecular flexibility index (Phi) is 6.26. The maximum Gasteiger partial charge on any atom is 0.0900 e. The average Bonchev–Trinajstić information content (AvgIpc) is 1.69. The molecule has 3 heteroatoms. The molecule has 0 fully saturated rings. The van der Waals surface area contributed by atoms with Gasteiger partial charge in [0, 0.05) is 6.67 Å². The van der Waals surface area contributed by atoms with Crippen molar-refractivity contribution in [1.29, 1.82) is 0 Å². The molecule has 0 aliphatic rings. The molecule has 0 aromatic carbocycles. The molecule has 0 unspecified atom stereocenters. The zero-order chi connectivity index (χ0) is 5.54. The highest BCUT2D eigenvalue weighted by atomic mass is 28.2. The molecule has 0 radical (unpaired) electrons. The normalized spacial score (nSPS) is 11.1. The standard InChI is InChI=1S/C4H14N2Si/c1-3-5-4-6-7-2/h5-6H,3-4,7H2,1-2H3. The van der Waals surface area contributed by atoms with Crippen molar-refractivity contribution in [3.05, 3.63) is 0 Å². The minimum Gasteiger partial charge on any atom is -0.331 e. The van der Waals surface area contributed by atoms with Crippen molar-refractivity contribution < 1.29 is 0 Å². The van der Waals surface area contributed by atoms with Gasteiger partial charge in [0.25, 0.3) is 0 Å². The van der Waals surface area contributed by atoms with Gasteiger partial charge in [-0.05, 0) is 6.54 Å². The number of nitrogens with one attached hydrogen (secondary N) is 2. The van der Waals surface area contributed by atoms with Gasteiger partial charge in [-0.25, -0.2) is 0 Å². The average molecular weight is 118 g/mol. The first-order valence-electron chi connectivity index (χ1n) is 2.83. The van der Waals surface area contributed by atoms with Crippen LogP contribution in [0.25, 0.3) is 0 Å². The van der Waals surface area contributed by atoms with E-state index in [1.54, 1.807) is 0 Å². The Morgan fingerprint density at radius 1 is 1.57 bits per heavy atom. The second-order valence-corrected chi connectivity index (χ2v) is 2.59. The van der Waals surface area contributed by atoms with Gasteiger partial charge in [-0.2, -0.15) is 0 Å². The SMILES string of the molecule is CCNCN[SiH2]C. The van der Waals surface area contributed by atoms with Crippen LogP contribution in [0, 0.1) is 0 Å². The first kappa shape index (κ1) is 7.14. The van der Waals surface area contributed by atoms with Crippen LogP contribution in [0.15, 0.2) is 0 Å². The van der Waals surface area contributed by atoms with Crippen molar-refractivity contribution in [1.82, 2.24) is 10.3 Å². The highest BCUT2D eigenvalue weighted by Crippen LogP contribution is 1.49. The Morgan fingerprint density at radius 2 is 2.29 bits per heavy atom. The van der Waals surface area contributed by atoms with E-state index in [1.807, 2.05) is 0 Å². The quantitative estimate of drug-likeness (QED) is 0.289. The maximum atomic E-state index is 3.28. The molecule has 0 aliphatic carbocycles. The largest absolute Gasteiger partial charge is 0.331 e. The zero-order valence-electron chi connectivity index (χ0n) is 5.12. The van der Waals surface area contributed by atoms with Gasteiger partial charge < -0.3 is 10.3 Å². The van der Waals surface area contributed by atoms with E-state index < -0.39 is 0 Å². The Balaban J connectivity index is 2.45. The smallest absolute Gasteiger partial charge is 0.0900 e. The van der Waals surface area contributed by atoms with Crippen LogP contribution in [0.3, 0.4) is 0 Å². The fourth-order valence-electron chi connectivity index (χ4n) is 0.338. The molecule has 2 nitrogen and oxygen atoms in total. The molecule has 7 heavy (non-hydrogen) atoms. The van der Waals surface area contributed by atoms with Crippen LogP contribution >= 0.6 is 0 Å². The van der Waals surface area contributed by atoms with Crippen molar-refractivity contribution in [2.45, 2.75) is 13.5 Å². The summed E-state index contributed by atoms with van der Waals surface area (Å²) < 4.78 is 0. The summed E-state index contributed by atoms with van der Waals surface area (Å²) in [5.74, 6) is 0. The zero-order valence-corrected chi connectivity index (χ0v) is 6.54. The molecular formula is C4H14N2Si. The molecule has 0 rings (SSSR count). The molecule has 0 aromatic rings. The van der Waals surface area contributed by atoms with Crippen molar-refractivity contribution in [2.24, 2.45) is 0 Å². The number of rotatable bonds is 4. The molecule has 0 aromatic heterocycles. The van der Waals surface area contributed by atoms with Crippen molar-refractivity contribution in [3.8, 4) is 0 Å². The summed E-state index contributed by atoms with van der Waals surface area (Å²) in [6, 6.07) is 0. The third-order valence-electron chi connectivity index (χ3n) is 0.750. The van der Waals surface area contributed by atoms with Gasteiger partial charge in [-0.15, -0.1) is 0 Å². The molecule has 0 atom stereocenters. The fourth-order valence-corrected chi connectivity index (χ4v) is 0.765. The first-order chi connectivity index (χ1) is 3.41. The highest BCUT2D eigenvalue weighted by Gasteiger charge is 1.74. The highest BCUT2D eigenvalue weighted by molar-refractivity contribution is 6.29. The molecule has 0 spiro atoms. The van der Waals surface area contributed by atoms with Gasteiger partial charge in [0.15, 0.2) is 0 Å². The van der Waals surface area contributed by atoms with Crippen LogP contribution in [-0.4, -0.2) is 22.9 Å². The van der Waals surface area contributed by atoms with Gasteiger partial charge in [0.1, 0.15) is 0 Å². The van der Waals surface area contributed by atoms with Crippen LogP contribution < -0.4 is 10.3 Å². The lowest BCUT2D eigenvalue weighted by Crippen LogP contribution is -2.29. The van der Waals surface area contributed by atoms with E-state index in [0.717, 1.165) is 13.2 Å². The number of hydrogen-bond donors (Lipinski definition) is 2. The molecule has 2 N–H and O–H groups in total. The molecule has 0 amide bonds. The molecule has 44 valence electrons. The minimum absolute atomic E-state index is 0.0812. The van der Waals surface area contributed by atoms with Gasteiger partial charge in [-0.3, -0.25) is 0 Å². The van der Waals surface area contributed by atoms with Crippen molar-refractivity contribution in [2.75, 3.05) is 13.2 Å². The Hall–Kier alpha value is 0.137. The van der Waals surface area contributed by atoms with Crippen LogP contribution in [0.5, 0.6) is 0 Å². The topological polar surface area (TPSA) is 24.1 Å². The van der Waals surface area contributed by atoms with Crippen molar-refractivity contribution in [3.63, 3.8) is 0 Å². The first-order valence-corrected chi connectivity index (χ1v) is 4.95. The van der Waals surface area contributed by atoms with E-state index in [1.165, 1.54) is 0 Å². The molecular weight excluding hydrogens is 104 g/mol. The van der Waals surface area contributed by atoms with Gasteiger partial charge in [0.05, 0.1) is 9.68 Å². The van der Waals surface area contributed by atoms with Crippen LogP contribution in [0.1, 0.15) is 6.92 Å². The van der Waals surface area contributed by atoms with E-state index in [-0.39, 0.29) is 9.68 Å². The van der Waals surface area contributed by atoms with Crippen LogP contribution in [-0.2, 0) is 0 Å². The molecule has 0 aliphatic heterocycles. The third-order valence-corrected chi connectivity index (χ3v) is 1.50. The fraction of sp³-hybridized carbons (Fsp3) is 1.00. The van der Waals surface area contributed by atoms with Gasteiger partial charge in [0.2, 0.25) is 0 Å². The van der Waals surface area contributed by atoms with E-state index in [0.29, 0.717) is 0 Å². The summed E-state index contributed by atoms with van der Waals surface area (Å²) in [4.78, 5) is 3.28. The number of hydrogen-bond acceptors (Lipinski definition) is 2. The summed E-state index contributed by atoms with van der Waals surface area (Å²) in [6.07, 6.45) is 0. The second kappa shape index (κ2) is 6.14. The molecule has 0 heterocycles. The van der Waals surface area contributed by atoms with Crippen LogP contribution in [0.4, 0.5) is 0 Å².